The largest absolute Gasteiger partial charge is 0.523 e. The summed E-state index contributed by atoms with van der Waals surface area (Å²) in [5, 5.41) is 8.17. The molecular formula is C3H6O3Si. The molecule has 0 radical (unpaired) electrons. The van der Waals surface area contributed by atoms with E-state index in [1.54, 1.807) is 0 Å². The Morgan fingerprint density at radius 1 is 1.86 bits per heavy atom. The third kappa shape index (κ3) is 1.99. The normalized spacial score (nSPS) is 8.00. The topological polar surface area (TPSA) is 46.5 Å². The zero-order valence-electron chi connectivity index (χ0n) is 3.97. The Labute approximate surface area is 44.1 Å². The van der Waals surface area contributed by atoms with Crippen LogP contribution in [0.3, 0.4) is 0 Å². The third-order valence-corrected chi connectivity index (χ3v) is 0.792. The molecule has 1 N–H and O–H groups in total. The van der Waals surface area contributed by atoms with E-state index >= 15 is 0 Å². The van der Waals surface area contributed by atoms with Crippen molar-refractivity contribution in [2.75, 3.05) is 0 Å². The molecule has 0 aromatic heterocycles. The van der Waals surface area contributed by atoms with Crippen molar-refractivity contribution in [3.63, 3.8) is 0 Å². The molecule has 0 unspecified atom stereocenters. The van der Waals surface area contributed by atoms with Crippen LogP contribution < -0.4 is 0 Å². The first kappa shape index (κ1) is 6.23. The second-order valence-corrected chi connectivity index (χ2v) is 1.35. The van der Waals surface area contributed by atoms with Crippen molar-refractivity contribution >= 4 is 16.5 Å². The summed E-state index contributed by atoms with van der Waals surface area (Å²) >= 11 is 0. The molecule has 0 aliphatic heterocycles. The van der Waals surface area contributed by atoms with E-state index in [4.69, 9.17) is 5.11 Å². The first-order chi connectivity index (χ1) is 3.18. The van der Waals surface area contributed by atoms with Crippen LogP contribution in [0.2, 0.25) is 0 Å². The van der Waals surface area contributed by atoms with Crippen LogP contribution in [0.5, 0.6) is 0 Å². The van der Waals surface area contributed by atoms with E-state index in [0.29, 0.717) is 10.5 Å². The van der Waals surface area contributed by atoms with E-state index in [1.807, 2.05) is 0 Å². The van der Waals surface area contributed by atoms with Crippen molar-refractivity contribution in [1.82, 2.24) is 0 Å². The Hall–Kier alpha value is -0.773. The van der Waals surface area contributed by atoms with Gasteiger partial charge in [0.2, 0.25) is 10.5 Å². The molecule has 0 aromatic rings. The first-order valence-electron chi connectivity index (χ1n) is 1.64. The van der Waals surface area contributed by atoms with Crippen LogP contribution in [0.25, 0.3) is 0 Å². The highest BCUT2D eigenvalue weighted by Gasteiger charge is 1.98. The van der Waals surface area contributed by atoms with Gasteiger partial charge in [-0.15, -0.1) is 0 Å². The smallest absolute Gasteiger partial charge is 0.358 e. The maximum Gasteiger partial charge on any atom is 0.358 e. The van der Waals surface area contributed by atoms with Crippen LogP contribution in [-0.2, 0) is 9.22 Å². The van der Waals surface area contributed by atoms with Crippen molar-refractivity contribution in [2.45, 2.75) is 0 Å². The molecule has 3 nitrogen and oxygen atoms in total. The van der Waals surface area contributed by atoms with Gasteiger partial charge in [0.1, 0.15) is 0 Å². The van der Waals surface area contributed by atoms with Crippen LogP contribution in [-0.4, -0.2) is 21.6 Å². The second-order valence-electron chi connectivity index (χ2n) is 0.938. The Morgan fingerprint density at radius 3 is 2.29 bits per heavy atom. The van der Waals surface area contributed by atoms with Crippen molar-refractivity contribution in [3.8, 4) is 0 Å². The van der Waals surface area contributed by atoms with Gasteiger partial charge in [0.25, 0.3) is 0 Å². The molecule has 0 heterocycles. The summed E-state index contributed by atoms with van der Waals surface area (Å²) < 4.78 is 4.16. The van der Waals surface area contributed by atoms with Gasteiger partial charge >= 0.3 is 5.97 Å². The van der Waals surface area contributed by atoms with Gasteiger partial charge in [0, 0.05) is 0 Å². The van der Waals surface area contributed by atoms with Gasteiger partial charge in [0.05, 0.1) is 0 Å². The van der Waals surface area contributed by atoms with Gasteiger partial charge in [-0.25, -0.2) is 4.79 Å². The number of aliphatic hydroxyl groups excluding tert-OH is 1. The van der Waals surface area contributed by atoms with Gasteiger partial charge in [-0.3, -0.25) is 0 Å². The van der Waals surface area contributed by atoms with Gasteiger partial charge in [-0.1, -0.05) is 0 Å². The number of hydrogen-bond acceptors (Lipinski definition) is 3. The second kappa shape index (κ2) is 2.41. The van der Waals surface area contributed by atoms with E-state index in [2.05, 4.69) is 11.0 Å². The summed E-state index contributed by atoms with van der Waals surface area (Å²) in [7, 11) is 0.300. The molecule has 0 spiro atoms. The molecule has 7 heavy (non-hydrogen) atoms. The highest BCUT2D eigenvalue weighted by atomic mass is 28.2. The van der Waals surface area contributed by atoms with Crippen LogP contribution in [0.15, 0.2) is 12.3 Å². The minimum atomic E-state index is -0.730. The number of aliphatic hydroxyl groups is 1. The predicted octanol–water partition coefficient (Wildman–Crippen LogP) is -1.12. The lowest BCUT2D eigenvalue weighted by atomic mass is 10.6. The van der Waals surface area contributed by atoms with Gasteiger partial charge < -0.3 is 9.53 Å². The SMILES string of the molecule is C=C(O)C(=O)O[SiH3]. The molecule has 0 rings (SSSR count). The summed E-state index contributed by atoms with van der Waals surface area (Å²) in [6, 6.07) is 0. The minimum absolute atomic E-state index is 0.300. The molecule has 0 amide bonds. The monoisotopic (exact) mass is 118 g/mol. The molecule has 0 aromatic carbocycles. The van der Waals surface area contributed by atoms with Crippen molar-refractivity contribution < 1.29 is 14.3 Å². The summed E-state index contributed by atoms with van der Waals surface area (Å²) in [5.41, 5.74) is 0. The maximum absolute atomic E-state index is 9.97. The van der Waals surface area contributed by atoms with Crippen LogP contribution in [0, 0.1) is 0 Å². The average Bonchev–Trinajstić information content (AvgIpc) is 1.65. The predicted molar refractivity (Wildman–Crippen MR) is 27.8 cm³/mol. The maximum atomic E-state index is 9.97. The Morgan fingerprint density at radius 2 is 2.29 bits per heavy atom. The molecular weight excluding hydrogens is 112 g/mol. The summed E-state index contributed by atoms with van der Waals surface area (Å²) in [6.07, 6.45) is 0. The van der Waals surface area contributed by atoms with Crippen LogP contribution in [0.4, 0.5) is 0 Å². The molecule has 4 heteroatoms. The molecule has 0 saturated carbocycles. The Balaban J connectivity index is 3.58. The van der Waals surface area contributed by atoms with Crippen molar-refractivity contribution in [3.05, 3.63) is 12.3 Å². The van der Waals surface area contributed by atoms with E-state index in [0.717, 1.165) is 0 Å². The number of hydrogen-bond donors (Lipinski definition) is 1. The lowest BCUT2D eigenvalue weighted by Gasteiger charge is -1.91. The lowest BCUT2D eigenvalue weighted by molar-refractivity contribution is -0.132. The van der Waals surface area contributed by atoms with Crippen molar-refractivity contribution in [2.24, 2.45) is 0 Å². The van der Waals surface area contributed by atoms with E-state index in [-0.39, 0.29) is 0 Å². The van der Waals surface area contributed by atoms with Gasteiger partial charge in [0.15, 0.2) is 5.76 Å². The van der Waals surface area contributed by atoms with Crippen LogP contribution in [0.1, 0.15) is 0 Å². The number of carbonyl (C=O) groups is 1. The average molecular weight is 118 g/mol. The summed E-state index contributed by atoms with van der Waals surface area (Å²) in [6.45, 7) is 2.93. The Bertz CT molecular complexity index is 98.4. The fraction of sp³-hybridized carbons (Fsp3) is 0. The van der Waals surface area contributed by atoms with E-state index in [1.165, 1.54) is 0 Å². The summed E-state index contributed by atoms with van der Waals surface area (Å²) in [5.74, 6) is -1.26. The number of rotatable bonds is 1. The fourth-order valence-electron chi connectivity index (χ4n) is 0.118. The highest BCUT2D eigenvalue weighted by molar-refractivity contribution is 6.08. The van der Waals surface area contributed by atoms with Crippen LogP contribution >= 0.6 is 0 Å². The first-order valence-corrected chi connectivity index (χ1v) is 2.46. The molecule has 0 aliphatic rings. The fourth-order valence-corrected chi connectivity index (χ4v) is 0.353. The molecule has 0 bridgehead atoms. The van der Waals surface area contributed by atoms with Crippen molar-refractivity contribution in [1.29, 1.82) is 0 Å². The summed E-state index contributed by atoms with van der Waals surface area (Å²) in [4.78, 5) is 9.97. The quantitative estimate of drug-likeness (QED) is 0.269. The Kier molecular flexibility index (Phi) is 2.14. The lowest BCUT2D eigenvalue weighted by Crippen LogP contribution is -2.02. The molecule has 0 aliphatic carbocycles. The van der Waals surface area contributed by atoms with E-state index in [9.17, 15) is 4.79 Å². The van der Waals surface area contributed by atoms with Gasteiger partial charge in [-0.2, -0.15) is 0 Å². The molecule has 0 fully saturated rings. The standard InChI is InChI=1S/C3H6O3Si/c1-2(4)3(5)6-7/h4H,1H2,7H3. The number of carbonyl (C=O) groups excluding carboxylic acids is 1. The highest BCUT2D eigenvalue weighted by Crippen LogP contribution is 1.82. The van der Waals surface area contributed by atoms with Gasteiger partial charge in [-0.05, 0) is 6.58 Å². The minimum Gasteiger partial charge on any atom is -0.523 e. The molecule has 40 valence electrons. The third-order valence-electron chi connectivity index (χ3n) is 0.421. The van der Waals surface area contributed by atoms with E-state index < -0.39 is 11.7 Å². The zero-order chi connectivity index (χ0) is 5.86. The molecule has 0 atom stereocenters. The zero-order valence-corrected chi connectivity index (χ0v) is 5.97. The molecule has 0 saturated heterocycles.